The summed E-state index contributed by atoms with van der Waals surface area (Å²) in [5, 5.41) is 29.8. The van der Waals surface area contributed by atoms with Crippen LogP contribution < -0.4 is 21.9 Å². The number of aromatic nitrogens is 8. The first-order chi connectivity index (χ1) is 30.3. The van der Waals surface area contributed by atoms with Gasteiger partial charge in [-0.1, -0.05) is 86.3 Å². The molecule has 0 aliphatic heterocycles. The fourth-order valence-electron chi connectivity index (χ4n) is 6.30. The molecule has 5 N–H and O–H groups in total. The number of methoxy groups -OCH3 is 1. The quantitative estimate of drug-likeness (QED) is 0.0173. The van der Waals surface area contributed by atoms with Crippen LogP contribution in [0.15, 0.2) is 60.7 Å². The number of amides is 3. The van der Waals surface area contributed by atoms with Crippen LogP contribution in [0.2, 0.25) is 0 Å². The number of unbranched alkanes of at least 4 members (excludes halogenated alkanes) is 4. The van der Waals surface area contributed by atoms with Gasteiger partial charge in [0.15, 0.2) is 24.7 Å². The average molecular weight is 891 g/mol. The lowest BCUT2D eigenvalue weighted by molar-refractivity contribution is -0.862. The molecule has 348 valence electrons. The summed E-state index contributed by atoms with van der Waals surface area (Å²) in [6, 6.07) is 17.5. The molecule has 64 heavy (non-hydrogen) atoms. The molecular weight excluding hydrogens is 825 g/mol. The van der Waals surface area contributed by atoms with Crippen molar-refractivity contribution in [2.75, 3.05) is 62.5 Å². The van der Waals surface area contributed by atoms with Crippen molar-refractivity contribution in [3.63, 3.8) is 0 Å². The molecule has 2 aromatic heterocycles. The van der Waals surface area contributed by atoms with Crippen LogP contribution in [0.1, 0.15) is 64.2 Å². The molecule has 0 aliphatic carbocycles. The molecule has 0 saturated heterocycles. The summed E-state index contributed by atoms with van der Waals surface area (Å²) in [5.74, 6) is 4.94. The summed E-state index contributed by atoms with van der Waals surface area (Å²) in [7, 11) is 12.7. The lowest BCUT2D eigenvalue weighted by Gasteiger charge is -2.24. The number of carbonyl (C=O) groups is 6. The van der Waals surface area contributed by atoms with Crippen molar-refractivity contribution in [1.29, 1.82) is 0 Å². The first kappa shape index (κ1) is 52.0. The molecule has 4 rings (SSSR count). The van der Waals surface area contributed by atoms with Gasteiger partial charge in [-0.15, -0.1) is 20.4 Å². The second-order valence-electron chi connectivity index (χ2n) is 17.5. The van der Waals surface area contributed by atoms with Gasteiger partial charge in [0, 0.05) is 24.0 Å². The number of nitrogens with two attached hydrogens (primary N) is 1. The summed E-state index contributed by atoms with van der Waals surface area (Å²) in [5.41, 5.74) is 3.79. The first-order valence-electron chi connectivity index (χ1n) is 21.3. The predicted octanol–water partition coefficient (Wildman–Crippen LogP) is 1.26. The van der Waals surface area contributed by atoms with Crippen molar-refractivity contribution in [3.8, 4) is 22.8 Å². The Kier molecular flexibility index (Phi) is 21.4. The van der Waals surface area contributed by atoms with Gasteiger partial charge in [0.2, 0.25) is 11.6 Å². The maximum absolute atomic E-state index is 12.2. The Balaban J connectivity index is 0.000000340. The van der Waals surface area contributed by atoms with Gasteiger partial charge in [-0.2, -0.15) is 9.59 Å². The van der Waals surface area contributed by atoms with Gasteiger partial charge in [-0.05, 0) is 36.1 Å². The summed E-state index contributed by atoms with van der Waals surface area (Å²) in [6.45, 7) is 0.667. The van der Waals surface area contributed by atoms with E-state index in [4.69, 9.17) is 10.6 Å². The van der Waals surface area contributed by atoms with E-state index in [1.54, 1.807) is 0 Å². The second kappa shape index (κ2) is 26.3. The molecule has 0 radical (unpaired) electrons. The van der Waals surface area contributed by atoms with Gasteiger partial charge in [-0.25, -0.2) is 10.6 Å². The number of nitrogens with one attached hydrogen (secondary N) is 3. The number of tetrazole rings is 2. The van der Waals surface area contributed by atoms with Crippen molar-refractivity contribution in [2.45, 2.75) is 89.4 Å². The Bertz CT molecular complexity index is 1930. The molecular formula is C43H66N14O7+2. The highest BCUT2D eigenvalue weighted by atomic mass is 16.5. The maximum atomic E-state index is 12.2. The molecule has 2 aromatic carbocycles. The van der Waals surface area contributed by atoms with Crippen molar-refractivity contribution < 1.29 is 42.5 Å². The Morgan fingerprint density at radius 3 is 1.41 bits per heavy atom. The van der Waals surface area contributed by atoms with Crippen LogP contribution in [0.3, 0.4) is 0 Å². The number of esters is 1. The smallest absolute Gasteiger partial charge is 0.328 e. The molecule has 0 spiro atoms. The predicted molar refractivity (Wildman–Crippen MR) is 237 cm³/mol. The lowest BCUT2D eigenvalue weighted by Crippen LogP contribution is -2.52. The minimum Gasteiger partial charge on any atom is -0.467 e. The van der Waals surface area contributed by atoms with E-state index in [1.807, 2.05) is 103 Å². The third-order valence-electron chi connectivity index (χ3n) is 9.35. The normalized spacial score (nSPS) is 12.2. The van der Waals surface area contributed by atoms with Gasteiger partial charge in [-0.3, -0.25) is 29.4 Å². The third-order valence-corrected chi connectivity index (χ3v) is 9.35. The fraction of sp³-hybridized carbons (Fsp3) is 0.535. The minimum atomic E-state index is -0.689. The topological polar surface area (TPSA) is 261 Å². The number of likely N-dealkylation sites (N-methyl/N-ethyl adjacent to an activating group) is 2. The zero-order chi connectivity index (χ0) is 47.1. The molecule has 3 amide bonds. The highest BCUT2D eigenvalue weighted by Crippen LogP contribution is 2.14. The van der Waals surface area contributed by atoms with Gasteiger partial charge >= 0.3 is 5.97 Å². The van der Waals surface area contributed by atoms with E-state index in [1.165, 1.54) is 16.7 Å². The van der Waals surface area contributed by atoms with E-state index in [0.29, 0.717) is 72.0 Å². The lowest BCUT2D eigenvalue weighted by atomic mass is 10.1. The molecule has 4 aromatic rings. The van der Waals surface area contributed by atoms with E-state index in [9.17, 15) is 28.8 Å². The van der Waals surface area contributed by atoms with Crippen LogP contribution in [0.5, 0.6) is 0 Å². The standard InChI is InChI=1S/C22H32N6O4.C21H32N8O3/c1-28(2,3)16-20(30)23-19(22(31)32-4)14-10-6-9-13-18(29)15-27-25-21(24-26-27)17-11-7-5-8-12-17;1-29(2,3)15-19(31)23-18(21(32)24-22)13-9-5-8-12-17(30)14-28-26-20(25-27-28)16-10-6-4-7-11-16/h5,7-8,11-12,19H,6,9-10,13-16H2,1-4H3;4,6-7,10-11,18H,5,8-9,12-15H2,1-3H3,(H3-,22,23,24,25,26,27,31,32)/p+2/t19-;18-/m00/s1. The number of ether oxygens (including phenoxy) is 1. The minimum absolute atomic E-state index is 0.00881. The van der Waals surface area contributed by atoms with Gasteiger partial charge in [0.25, 0.3) is 17.7 Å². The number of quaternary nitrogens is 2. The van der Waals surface area contributed by atoms with Crippen LogP contribution in [0.4, 0.5) is 0 Å². The van der Waals surface area contributed by atoms with Gasteiger partial charge in [0.05, 0.1) is 49.4 Å². The Labute approximate surface area is 374 Å². The summed E-state index contributed by atoms with van der Waals surface area (Å²) in [6.07, 6.45) is 5.90. The van der Waals surface area contributed by atoms with Crippen molar-refractivity contribution >= 4 is 35.3 Å². The fourth-order valence-corrected chi connectivity index (χ4v) is 6.30. The van der Waals surface area contributed by atoms with Crippen LogP contribution in [-0.4, -0.2) is 159 Å². The SMILES string of the molecule is COC(=O)[C@H](CCCCCC(=O)Cn1nnc(-c2ccccc2)n1)NC(=O)C[N+](C)(C)C.C[N+](C)(C)CC(=O)N[C@@H](CCCCCC(=O)Cn1nnc(-c2ccccc2)n1)C(=O)NN. The van der Waals surface area contributed by atoms with Crippen molar-refractivity contribution in [3.05, 3.63) is 60.7 Å². The number of benzene rings is 2. The number of hydrogen-bond donors (Lipinski definition) is 4. The van der Waals surface area contributed by atoms with Crippen LogP contribution in [0, 0.1) is 0 Å². The summed E-state index contributed by atoms with van der Waals surface area (Å²) < 4.78 is 5.73. The van der Waals surface area contributed by atoms with E-state index >= 15 is 0 Å². The monoisotopic (exact) mass is 891 g/mol. The average Bonchev–Trinajstić information content (AvgIpc) is 3.91. The van der Waals surface area contributed by atoms with E-state index in [2.05, 4.69) is 46.9 Å². The van der Waals surface area contributed by atoms with Crippen molar-refractivity contribution in [1.82, 2.24) is 56.5 Å². The molecule has 0 bridgehead atoms. The number of nitrogens with zero attached hydrogens (tertiary/aromatic N) is 10. The molecule has 0 saturated carbocycles. The Hall–Kier alpha value is -6.32. The Morgan fingerprint density at radius 1 is 0.609 bits per heavy atom. The highest BCUT2D eigenvalue weighted by molar-refractivity contribution is 5.87. The van der Waals surface area contributed by atoms with Crippen LogP contribution in [0.25, 0.3) is 22.8 Å². The van der Waals surface area contributed by atoms with Crippen LogP contribution >= 0.6 is 0 Å². The van der Waals surface area contributed by atoms with E-state index in [0.717, 1.165) is 24.0 Å². The molecule has 2 heterocycles. The third kappa shape index (κ3) is 20.7. The number of Topliss-reactive ketones (excluding diaryl/α,β-unsaturated/α-hetero) is 2. The number of hydrazine groups is 1. The molecule has 2 atom stereocenters. The first-order valence-corrected chi connectivity index (χ1v) is 21.3. The summed E-state index contributed by atoms with van der Waals surface area (Å²) >= 11 is 0. The number of rotatable bonds is 26. The number of hydrogen-bond acceptors (Lipinski definition) is 14. The molecule has 21 heteroatoms. The number of carbonyl (C=O) groups excluding carboxylic acids is 6. The number of ketones is 2. The van der Waals surface area contributed by atoms with Crippen LogP contribution in [-0.2, 0) is 46.6 Å². The zero-order valence-electron chi connectivity index (χ0n) is 38.2. The maximum Gasteiger partial charge on any atom is 0.328 e. The largest absolute Gasteiger partial charge is 0.467 e. The molecule has 21 nitrogen and oxygen atoms in total. The van der Waals surface area contributed by atoms with E-state index in [-0.39, 0.29) is 49.6 Å². The molecule has 0 fully saturated rings. The zero-order valence-corrected chi connectivity index (χ0v) is 38.2. The van der Waals surface area contributed by atoms with Gasteiger partial charge in [0.1, 0.15) is 25.2 Å². The van der Waals surface area contributed by atoms with Crippen molar-refractivity contribution in [2.24, 2.45) is 5.84 Å². The Morgan fingerprint density at radius 2 is 1.02 bits per heavy atom. The summed E-state index contributed by atoms with van der Waals surface area (Å²) in [4.78, 5) is 75.2. The molecule has 0 aliphatic rings. The second-order valence-corrected chi connectivity index (χ2v) is 17.5. The van der Waals surface area contributed by atoms with E-state index < -0.39 is 24.0 Å². The highest BCUT2D eigenvalue weighted by Gasteiger charge is 2.25. The molecule has 0 unspecified atom stereocenters. The van der Waals surface area contributed by atoms with Gasteiger partial charge < -0.3 is 24.3 Å².